The minimum atomic E-state index is -0.374. The van der Waals surface area contributed by atoms with Crippen LogP contribution in [-0.2, 0) is 11.3 Å². The summed E-state index contributed by atoms with van der Waals surface area (Å²) in [5, 5.41) is 5.45. The SMILES string of the molecule is COc1ccc(F)cc1C[NH+]1CC[NH+]([C@H](C)C(=O)NC(=O)NC2CCCCC2)CC1. The first-order valence-electron chi connectivity index (χ1n) is 11.1. The van der Waals surface area contributed by atoms with Crippen LogP contribution in [0.25, 0.3) is 0 Å². The number of rotatable bonds is 6. The Morgan fingerprint density at radius 2 is 1.87 bits per heavy atom. The summed E-state index contributed by atoms with van der Waals surface area (Å²) < 4.78 is 18.9. The first-order chi connectivity index (χ1) is 14.5. The van der Waals surface area contributed by atoms with Gasteiger partial charge in [-0.15, -0.1) is 0 Å². The van der Waals surface area contributed by atoms with Gasteiger partial charge in [-0.3, -0.25) is 10.1 Å². The number of hydrogen-bond acceptors (Lipinski definition) is 3. The molecule has 1 aromatic rings. The molecule has 7 nitrogen and oxygen atoms in total. The Morgan fingerprint density at radius 3 is 2.53 bits per heavy atom. The maximum atomic E-state index is 13.6. The third kappa shape index (κ3) is 6.15. The topological polar surface area (TPSA) is 76.3 Å². The van der Waals surface area contributed by atoms with E-state index < -0.39 is 0 Å². The molecule has 2 aliphatic rings. The van der Waals surface area contributed by atoms with Crippen molar-refractivity contribution in [1.82, 2.24) is 10.6 Å². The summed E-state index contributed by atoms with van der Waals surface area (Å²) in [5.41, 5.74) is 0.862. The average molecular weight is 423 g/mol. The Bertz CT molecular complexity index is 731. The highest BCUT2D eigenvalue weighted by Crippen LogP contribution is 2.18. The molecule has 1 saturated carbocycles. The number of imide groups is 1. The van der Waals surface area contributed by atoms with E-state index in [-0.39, 0.29) is 29.8 Å². The van der Waals surface area contributed by atoms with E-state index >= 15 is 0 Å². The summed E-state index contributed by atoms with van der Waals surface area (Å²) in [6.07, 6.45) is 5.46. The molecule has 0 bridgehead atoms. The molecule has 0 aromatic heterocycles. The van der Waals surface area contributed by atoms with Gasteiger partial charge in [-0.25, -0.2) is 9.18 Å². The number of methoxy groups -OCH3 is 1. The van der Waals surface area contributed by atoms with Gasteiger partial charge in [0.25, 0.3) is 5.91 Å². The quantitative estimate of drug-likeness (QED) is 0.507. The Kier molecular flexibility index (Phi) is 8.04. The number of urea groups is 1. The fourth-order valence-electron chi connectivity index (χ4n) is 4.56. The van der Waals surface area contributed by atoms with Crippen LogP contribution in [0.2, 0.25) is 0 Å². The third-order valence-corrected chi connectivity index (χ3v) is 6.47. The molecule has 30 heavy (non-hydrogen) atoms. The lowest BCUT2D eigenvalue weighted by Crippen LogP contribution is -3.29. The van der Waals surface area contributed by atoms with Gasteiger partial charge in [-0.05, 0) is 38.0 Å². The van der Waals surface area contributed by atoms with Crippen molar-refractivity contribution in [3.63, 3.8) is 0 Å². The first-order valence-corrected chi connectivity index (χ1v) is 11.1. The van der Waals surface area contributed by atoms with E-state index in [9.17, 15) is 14.0 Å². The van der Waals surface area contributed by atoms with Crippen molar-refractivity contribution in [2.24, 2.45) is 0 Å². The largest absolute Gasteiger partial charge is 0.496 e. The molecule has 1 aliphatic heterocycles. The van der Waals surface area contributed by atoms with Crippen LogP contribution in [0.3, 0.4) is 0 Å². The van der Waals surface area contributed by atoms with E-state index in [4.69, 9.17) is 4.74 Å². The summed E-state index contributed by atoms with van der Waals surface area (Å²) in [7, 11) is 1.60. The van der Waals surface area contributed by atoms with E-state index in [0.717, 1.165) is 57.4 Å². The molecule has 4 N–H and O–H groups in total. The van der Waals surface area contributed by atoms with Gasteiger partial charge in [-0.1, -0.05) is 19.3 Å². The number of piperazine rings is 1. The van der Waals surface area contributed by atoms with Crippen LogP contribution in [0.15, 0.2) is 18.2 Å². The number of hydrogen-bond donors (Lipinski definition) is 4. The molecule has 0 radical (unpaired) electrons. The van der Waals surface area contributed by atoms with Crippen molar-refractivity contribution in [3.8, 4) is 5.75 Å². The highest BCUT2D eigenvalue weighted by molar-refractivity contribution is 5.96. The Balaban J connectivity index is 1.44. The van der Waals surface area contributed by atoms with Crippen LogP contribution < -0.4 is 25.2 Å². The number of halogens is 1. The van der Waals surface area contributed by atoms with Crippen LogP contribution >= 0.6 is 0 Å². The fourth-order valence-corrected chi connectivity index (χ4v) is 4.56. The van der Waals surface area contributed by atoms with Crippen LogP contribution in [0.4, 0.5) is 9.18 Å². The maximum Gasteiger partial charge on any atom is 0.321 e. The van der Waals surface area contributed by atoms with Gasteiger partial charge in [0.1, 0.15) is 44.3 Å². The molecule has 8 heteroatoms. The van der Waals surface area contributed by atoms with Gasteiger partial charge >= 0.3 is 6.03 Å². The number of carbonyl (C=O) groups is 2. The van der Waals surface area contributed by atoms with E-state index in [1.165, 1.54) is 28.4 Å². The van der Waals surface area contributed by atoms with Crippen LogP contribution in [0, 0.1) is 5.82 Å². The lowest BCUT2D eigenvalue weighted by Gasteiger charge is -2.32. The molecule has 3 rings (SSSR count). The van der Waals surface area contributed by atoms with Crippen molar-refractivity contribution in [3.05, 3.63) is 29.6 Å². The van der Waals surface area contributed by atoms with Crippen molar-refractivity contribution < 1.29 is 28.5 Å². The lowest BCUT2D eigenvalue weighted by atomic mass is 9.96. The normalized spacial score (nSPS) is 23.4. The molecule has 1 aliphatic carbocycles. The first kappa shape index (κ1) is 22.5. The van der Waals surface area contributed by atoms with Crippen molar-refractivity contribution in [2.75, 3.05) is 33.3 Å². The Morgan fingerprint density at radius 1 is 1.17 bits per heavy atom. The second-order valence-electron chi connectivity index (χ2n) is 8.56. The number of benzene rings is 1. The second kappa shape index (κ2) is 10.7. The maximum absolute atomic E-state index is 13.6. The second-order valence-corrected chi connectivity index (χ2v) is 8.56. The Hall–Kier alpha value is -2.19. The van der Waals surface area contributed by atoms with Gasteiger partial charge < -0.3 is 19.9 Å². The van der Waals surface area contributed by atoms with Crippen molar-refractivity contribution in [2.45, 2.75) is 57.7 Å². The zero-order valence-corrected chi connectivity index (χ0v) is 18.1. The van der Waals surface area contributed by atoms with E-state index in [2.05, 4.69) is 10.6 Å². The number of ether oxygens (including phenoxy) is 1. The molecule has 1 aromatic carbocycles. The molecular weight excluding hydrogens is 387 g/mol. The smallest absolute Gasteiger partial charge is 0.321 e. The monoisotopic (exact) mass is 422 g/mol. The summed E-state index contributed by atoms with van der Waals surface area (Å²) in [6.45, 7) is 5.97. The zero-order valence-electron chi connectivity index (χ0n) is 18.1. The number of amides is 3. The molecule has 0 unspecified atom stereocenters. The Labute approximate surface area is 177 Å². The molecule has 166 valence electrons. The molecule has 3 amide bonds. The van der Waals surface area contributed by atoms with Gasteiger partial charge in [0, 0.05) is 6.04 Å². The third-order valence-electron chi connectivity index (χ3n) is 6.47. The summed E-state index contributed by atoms with van der Waals surface area (Å²) in [6, 6.07) is 4.13. The van der Waals surface area contributed by atoms with Gasteiger partial charge in [0.05, 0.1) is 12.7 Å². The standard InChI is InChI=1S/C22H33FN4O3/c1-16(21(28)25-22(29)24-19-6-4-3-5-7-19)27-12-10-26(11-13-27)15-17-14-18(23)8-9-20(17)30-2/h8-9,14,16,19H,3-7,10-13,15H2,1-2H3,(H2,24,25,28,29)/p+2/t16-/m1/s1. The minimum Gasteiger partial charge on any atom is -0.496 e. The van der Waals surface area contributed by atoms with Crippen LogP contribution in [0.5, 0.6) is 5.75 Å². The lowest BCUT2D eigenvalue weighted by molar-refractivity contribution is -1.02. The highest BCUT2D eigenvalue weighted by atomic mass is 19.1. The summed E-state index contributed by atoms with van der Waals surface area (Å²) in [4.78, 5) is 27.2. The molecular formula is C22H35FN4O3+2. The number of nitrogens with one attached hydrogen (secondary N) is 4. The number of carbonyl (C=O) groups excluding carboxylic acids is 2. The summed E-state index contributed by atoms with van der Waals surface area (Å²) in [5.74, 6) is 0.218. The number of quaternary nitrogens is 2. The van der Waals surface area contributed by atoms with Crippen LogP contribution in [-0.4, -0.2) is 57.3 Å². The molecule has 1 atom stereocenters. The zero-order chi connectivity index (χ0) is 21.5. The molecule has 1 saturated heterocycles. The van der Waals surface area contributed by atoms with Gasteiger partial charge in [-0.2, -0.15) is 0 Å². The minimum absolute atomic E-state index is 0.182. The highest BCUT2D eigenvalue weighted by Gasteiger charge is 2.32. The van der Waals surface area contributed by atoms with E-state index in [1.807, 2.05) is 6.92 Å². The van der Waals surface area contributed by atoms with Gasteiger partial charge in [0.2, 0.25) is 0 Å². The predicted octanol–water partition coefficient (Wildman–Crippen LogP) is -0.335. The molecule has 0 spiro atoms. The molecule has 2 fully saturated rings. The summed E-state index contributed by atoms with van der Waals surface area (Å²) >= 11 is 0. The van der Waals surface area contributed by atoms with Crippen LogP contribution in [0.1, 0.15) is 44.6 Å². The molecule has 1 heterocycles. The van der Waals surface area contributed by atoms with E-state index in [0.29, 0.717) is 12.3 Å². The van der Waals surface area contributed by atoms with Crippen molar-refractivity contribution in [1.29, 1.82) is 0 Å². The van der Waals surface area contributed by atoms with Crippen molar-refractivity contribution >= 4 is 11.9 Å². The van der Waals surface area contributed by atoms with E-state index in [1.54, 1.807) is 13.2 Å². The predicted molar refractivity (Wildman–Crippen MR) is 111 cm³/mol. The average Bonchev–Trinajstić information content (AvgIpc) is 2.74. The van der Waals surface area contributed by atoms with Gasteiger partial charge in [0.15, 0.2) is 6.04 Å². The fraction of sp³-hybridized carbons (Fsp3) is 0.636.